The molecule has 0 aliphatic heterocycles. The molecule has 15 heavy (non-hydrogen) atoms. The second-order valence-electron chi connectivity index (χ2n) is 2.83. The minimum atomic E-state index is -0.544. The zero-order valence-corrected chi connectivity index (χ0v) is 8.17. The highest BCUT2D eigenvalue weighted by atomic mass is 19.1. The van der Waals surface area contributed by atoms with Crippen molar-refractivity contribution in [2.24, 2.45) is 0 Å². The highest BCUT2D eigenvalue weighted by Gasteiger charge is 2.04. The van der Waals surface area contributed by atoms with E-state index in [0.717, 1.165) is 6.07 Å². The summed E-state index contributed by atoms with van der Waals surface area (Å²) in [5.74, 6) is -0.781. The summed E-state index contributed by atoms with van der Waals surface area (Å²) < 4.78 is 13.2. The van der Waals surface area contributed by atoms with E-state index >= 15 is 0 Å². The molecule has 1 amide bonds. The molecule has 0 spiro atoms. The normalized spacial score (nSPS) is 9.13. The number of nitrogens with one attached hydrogen (secondary N) is 2. The molecule has 5 heteroatoms. The van der Waals surface area contributed by atoms with Gasteiger partial charge in [0, 0.05) is 7.05 Å². The number of nitrogens with zero attached hydrogens (tertiary/aromatic N) is 1. The van der Waals surface area contributed by atoms with Crippen molar-refractivity contribution in [3.63, 3.8) is 0 Å². The van der Waals surface area contributed by atoms with Gasteiger partial charge in [0.15, 0.2) is 0 Å². The average Bonchev–Trinajstić information content (AvgIpc) is 2.26. The fraction of sp³-hybridized carbons (Fsp3) is 0.200. The first-order valence-corrected chi connectivity index (χ1v) is 4.31. The first-order chi connectivity index (χ1) is 7.17. The zero-order chi connectivity index (χ0) is 11.3. The van der Waals surface area contributed by atoms with Crippen molar-refractivity contribution < 1.29 is 9.18 Å². The SMILES string of the molecule is CNC(=O)CNc1ccc(C#N)cc1F. The Morgan fingerprint density at radius 2 is 2.33 bits per heavy atom. The molecule has 0 bridgehead atoms. The molecule has 1 rings (SSSR count). The van der Waals surface area contributed by atoms with E-state index in [1.165, 1.54) is 19.2 Å². The quantitative estimate of drug-likeness (QED) is 0.772. The Morgan fingerprint density at radius 1 is 1.60 bits per heavy atom. The van der Waals surface area contributed by atoms with Crippen molar-refractivity contribution >= 4 is 11.6 Å². The fourth-order valence-electron chi connectivity index (χ4n) is 0.992. The Hall–Kier alpha value is -2.09. The van der Waals surface area contributed by atoms with Crippen LogP contribution < -0.4 is 10.6 Å². The molecule has 0 aromatic heterocycles. The van der Waals surface area contributed by atoms with Gasteiger partial charge in [0.05, 0.1) is 23.9 Å². The van der Waals surface area contributed by atoms with Gasteiger partial charge in [-0.2, -0.15) is 5.26 Å². The Bertz CT molecular complexity index is 412. The van der Waals surface area contributed by atoms with Gasteiger partial charge in [-0.3, -0.25) is 4.79 Å². The van der Waals surface area contributed by atoms with Gasteiger partial charge >= 0.3 is 0 Å². The maximum Gasteiger partial charge on any atom is 0.239 e. The van der Waals surface area contributed by atoms with E-state index < -0.39 is 5.82 Å². The molecule has 4 nitrogen and oxygen atoms in total. The van der Waals surface area contributed by atoms with Crippen LogP contribution in [0.1, 0.15) is 5.56 Å². The topological polar surface area (TPSA) is 64.9 Å². The summed E-state index contributed by atoms with van der Waals surface area (Å²) in [6.45, 7) is -0.000674. The van der Waals surface area contributed by atoms with E-state index in [4.69, 9.17) is 5.26 Å². The number of benzene rings is 1. The lowest BCUT2D eigenvalue weighted by Gasteiger charge is -2.06. The van der Waals surface area contributed by atoms with Crippen LogP contribution in [0.3, 0.4) is 0 Å². The van der Waals surface area contributed by atoms with E-state index in [2.05, 4.69) is 10.6 Å². The predicted octanol–water partition coefficient (Wildman–Crippen LogP) is 0.855. The van der Waals surface area contributed by atoms with Gasteiger partial charge in [-0.05, 0) is 18.2 Å². The summed E-state index contributed by atoms with van der Waals surface area (Å²) in [5.41, 5.74) is 0.454. The number of hydrogen-bond acceptors (Lipinski definition) is 3. The highest BCUT2D eigenvalue weighted by Crippen LogP contribution is 2.14. The van der Waals surface area contributed by atoms with Crippen molar-refractivity contribution in [2.75, 3.05) is 18.9 Å². The number of nitriles is 1. The number of anilines is 1. The van der Waals surface area contributed by atoms with Gasteiger partial charge in [-0.25, -0.2) is 4.39 Å². The second-order valence-corrected chi connectivity index (χ2v) is 2.83. The van der Waals surface area contributed by atoms with Crippen LogP contribution in [-0.4, -0.2) is 19.5 Å². The van der Waals surface area contributed by atoms with Crippen molar-refractivity contribution in [1.82, 2.24) is 5.32 Å². The number of halogens is 1. The molecule has 0 aliphatic carbocycles. The first-order valence-electron chi connectivity index (χ1n) is 4.31. The summed E-state index contributed by atoms with van der Waals surface area (Å²) >= 11 is 0. The Balaban J connectivity index is 2.71. The number of carbonyl (C=O) groups excluding carboxylic acids is 1. The fourth-order valence-corrected chi connectivity index (χ4v) is 0.992. The third-order valence-electron chi connectivity index (χ3n) is 1.82. The molecule has 0 saturated carbocycles. The maximum absolute atomic E-state index is 13.2. The van der Waals surface area contributed by atoms with Crippen molar-refractivity contribution in [1.29, 1.82) is 5.26 Å². The van der Waals surface area contributed by atoms with Crippen molar-refractivity contribution in [3.8, 4) is 6.07 Å². The molecule has 0 fully saturated rings. The van der Waals surface area contributed by atoms with Gasteiger partial charge in [0.25, 0.3) is 0 Å². The van der Waals surface area contributed by atoms with Gasteiger partial charge in [-0.15, -0.1) is 0 Å². The molecule has 1 aromatic rings. The van der Waals surface area contributed by atoms with E-state index in [1.807, 2.05) is 6.07 Å². The van der Waals surface area contributed by atoms with Crippen LogP contribution in [0.15, 0.2) is 18.2 Å². The number of amides is 1. The molecule has 2 N–H and O–H groups in total. The highest BCUT2D eigenvalue weighted by molar-refractivity contribution is 5.80. The Kier molecular flexibility index (Phi) is 3.63. The van der Waals surface area contributed by atoms with E-state index in [1.54, 1.807) is 0 Å². The van der Waals surface area contributed by atoms with Gasteiger partial charge < -0.3 is 10.6 Å². The maximum atomic E-state index is 13.2. The van der Waals surface area contributed by atoms with Crippen LogP contribution in [0.4, 0.5) is 10.1 Å². The lowest BCUT2D eigenvalue weighted by molar-refractivity contribution is -0.118. The van der Waals surface area contributed by atoms with Crippen LogP contribution in [-0.2, 0) is 4.79 Å². The second kappa shape index (κ2) is 4.96. The molecule has 78 valence electrons. The van der Waals surface area contributed by atoms with Crippen molar-refractivity contribution in [2.45, 2.75) is 0 Å². The molecular formula is C10H10FN3O. The van der Waals surface area contributed by atoms with Crippen LogP contribution in [0.5, 0.6) is 0 Å². The lowest BCUT2D eigenvalue weighted by Crippen LogP contribution is -2.26. The van der Waals surface area contributed by atoms with E-state index in [9.17, 15) is 9.18 Å². The minimum Gasteiger partial charge on any atom is -0.374 e. The molecule has 1 aromatic carbocycles. The molecule has 0 unspecified atom stereocenters. The summed E-state index contributed by atoms with van der Waals surface area (Å²) in [4.78, 5) is 10.9. The van der Waals surface area contributed by atoms with Crippen LogP contribution in [0.25, 0.3) is 0 Å². The molecule has 0 saturated heterocycles. The van der Waals surface area contributed by atoms with Crippen LogP contribution in [0, 0.1) is 17.1 Å². The first kappa shape index (κ1) is 11.0. The third-order valence-corrected chi connectivity index (χ3v) is 1.82. The van der Waals surface area contributed by atoms with Gasteiger partial charge in [0.1, 0.15) is 5.82 Å². The number of hydrogen-bond donors (Lipinski definition) is 2. The summed E-state index contributed by atoms with van der Waals surface area (Å²) in [6, 6.07) is 5.85. The summed E-state index contributed by atoms with van der Waals surface area (Å²) in [7, 11) is 1.50. The van der Waals surface area contributed by atoms with Gasteiger partial charge in [-0.1, -0.05) is 0 Å². The lowest BCUT2D eigenvalue weighted by atomic mass is 10.2. The zero-order valence-electron chi connectivity index (χ0n) is 8.17. The van der Waals surface area contributed by atoms with Crippen LogP contribution in [0.2, 0.25) is 0 Å². The molecule has 0 heterocycles. The monoisotopic (exact) mass is 207 g/mol. The number of carbonyl (C=O) groups is 1. The third kappa shape index (κ3) is 2.95. The summed E-state index contributed by atoms with van der Waals surface area (Å²) in [5, 5.41) is 13.5. The smallest absolute Gasteiger partial charge is 0.239 e. The average molecular weight is 207 g/mol. The van der Waals surface area contributed by atoms with Crippen molar-refractivity contribution in [3.05, 3.63) is 29.6 Å². The summed E-state index contributed by atoms with van der Waals surface area (Å²) in [6.07, 6.45) is 0. The van der Waals surface area contributed by atoms with E-state index in [0.29, 0.717) is 0 Å². The Morgan fingerprint density at radius 3 is 2.87 bits per heavy atom. The standard InChI is InChI=1S/C10H10FN3O/c1-13-10(15)6-14-9-3-2-7(5-12)4-8(9)11/h2-4,14H,6H2,1H3,(H,13,15). The molecule has 0 aliphatic rings. The van der Waals surface area contributed by atoms with Crippen LogP contribution >= 0.6 is 0 Å². The number of rotatable bonds is 3. The molecule has 0 atom stereocenters. The minimum absolute atomic E-state index is 0.000674. The molecule has 0 radical (unpaired) electrons. The van der Waals surface area contributed by atoms with E-state index in [-0.39, 0.29) is 23.7 Å². The molecular weight excluding hydrogens is 197 g/mol. The Labute approximate surface area is 86.7 Å². The largest absolute Gasteiger partial charge is 0.374 e. The van der Waals surface area contributed by atoms with Gasteiger partial charge in [0.2, 0.25) is 5.91 Å². The number of likely N-dealkylation sites (N-methyl/N-ethyl adjacent to an activating group) is 1. The predicted molar refractivity (Wildman–Crippen MR) is 53.7 cm³/mol.